The molecule has 1 atom stereocenters. The lowest BCUT2D eigenvalue weighted by Crippen LogP contribution is -2.32. The van der Waals surface area contributed by atoms with E-state index in [2.05, 4.69) is 10.6 Å². The number of benzene rings is 2. The number of rotatable bonds is 9. The van der Waals surface area contributed by atoms with E-state index in [9.17, 15) is 9.59 Å². The van der Waals surface area contributed by atoms with Crippen LogP contribution in [0.4, 0.5) is 0 Å². The predicted molar refractivity (Wildman–Crippen MR) is 106 cm³/mol. The van der Waals surface area contributed by atoms with Crippen molar-refractivity contribution in [2.24, 2.45) is 0 Å². The smallest absolute Gasteiger partial charge is 0.222 e. The van der Waals surface area contributed by atoms with Gasteiger partial charge in [0.25, 0.3) is 0 Å². The van der Waals surface area contributed by atoms with Crippen LogP contribution >= 0.6 is 0 Å². The summed E-state index contributed by atoms with van der Waals surface area (Å²) in [6.07, 6.45) is 0.133. The van der Waals surface area contributed by atoms with Crippen LogP contribution in [0.15, 0.2) is 42.5 Å². The fourth-order valence-electron chi connectivity index (χ4n) is 2.88. The summed E-state index contributed by atoms with van der Waals surface area (Å²) in [7, 11) is 4.61. The molecule has 7 nitrogen and oxygen atoms in total. The van der Waals surface area contributed by atoms with Crippen LogP contribution in [0, 0.1) is 0 Å². The zero-order valence-corrected chi connectivity index (χ0v) is 16.6. The van der Waals surface area contributed by atoms with Gasteiger partial charge in [-0.3, -0.25) is 9.59 Å². The molecule has 0 aromatic heterocycles. The largest absolute Gasteiger partial charge is 0.493 e. The highest BCUT2D eigenvalue weighted by Crippen LogP contribution is 2.38. The average molecular weight is 386 g/mol. The molecule has 0 heterocycles. The highest BCUT2D eigenvalue weighted by Gasteiger charge is 2.18. The van der Waals surface area contributed by atoms with Gasteiger partial charge in [0.15, 0.2) is 11.5 Å². The van der Waals surface area contributed by atoms with Gasteiger partial charge in [-0.1, -0.05) is 30.3 Å². The number of carbonyl (C=O) groups excluding carboxylic acids is 2. The van der Waals surface area contributed by atoms with Gasteiger partial charge in [-0.15, -0.1) is 0 Å². The molecule has 28 heavy (non-hydrogen) atoms. The Bertz CT molecular complexity index is 783. The maximum Gasteiger partial charge on any atom is 0.222 e. The molecule has 2 N–H and O–H groups in total. The first-order valence-corrected chi connectivity index (χ1v) is 8.86. The van der Waals surface area contributed by atoms with Gasteiger partial charge < -0.3 is 24.8 Å². The second kappa shape index (κ2) is 10.2. The topological polar surface area (TPSA) is 85.9 Å². The fraction of sp³-hybridized carbons (Fsp3) is 0.333. The van der Waals surface area contributed by atoms with Crippen molar-refractivity contribution in [1.29, 1.82) is 0 Å². The molecule has 0 bridgehead atoms. The minimum absolute atomic E-state index is 0.133. The molecule has 0 aliphatic carbocycles. The molecular weight excluding hydrogens is 360 g/mol. The van der Waals surface area contributed by atoms with Crippen LogP contribution in [0.5, 0.6) is 17.2 Å². The van der Waals surface area contributed by atoms with Gasteiger partial charge in [-0.25, -0.2) is 0 Å². The van der Waals surface area contributed by atoms with E-state index in [0.29, 0.717) is 17.2 Å². The average Bonchev–Trinajstić information content (AvgIpc) is 2.71. The molecule has 2 aromatic rings. The number of carbonyl (C=O) groups is 2. The second-order valence-corrected chi connectivity index (χ2v) is 6.18. The van der Waals surface area contributed by atoms with E-state index < -0.39 is 6.04 Å². The highest BCUT2D eigenvalue weighted by molar-refractivity contribution is 5.79. The van der Waals surface area contributed by atoms with Crippen molar-refractivity contribution in [3.8, 4) is 17.2 Å². The van der Waals surface area contributed by atoms with E-state index in [0.717, 1.165) is 11.1 Å². The Balaban J connectivity index is 2.07. The van der Waals surface area contributed by atoms with Gasteiger partial charge in [0.05, 0.1) is 33.8 Å². The van der Waals surface area contributed by atoms with Crippen LogP contribution < -0.4 is 24.8 Å². The van der Waals surface area contributed by atoms with E-state index in [1.807, 2.05) is 30.3 Å². The number of methoxy groups -OCH3 is 3. The molecular formula is C21H26N2O5. The van der Waals surface area contributed by atoms with Crippen LogP contribution in [0.25, 0.3) is 0 Å². The Hall–Kier alpha value is -3.22. The van der Waals surface area contributed by atoms with Gasteiger partial charge in [-0.05, 0) is 23.3 Å². The molecule has 0 saturated carbocycles. The number of nitrogens with one attached hydrogen (secondary N) is 2. The third kappa shape index (κ3) is 5.64. The molecule has 0 saturated heterocycles. The predicted octanol–water partition coefficient (Wildman–Crippen LogP) is 2.60. The first-order chi connectivity index (χ1) is 13.5. The molecule has 2 amide bonds. The van der Waals surface area contributed by atoms with Crippen molar-refractivity contribution in [3.05, 3.63) is 53.6 Å². The SMILES string of the molecule is COc1cc(CNC(=O)C[C@@H](NC(C)=O)c2ccccc2)cc(OC)c1OC. The third-order valence-corrected chi connectivity index (χ3v) is 4.18. The van der Waals surface area contributed by atoms with Crippen LogP contribution in [-0.4, -0.2) is 33.1 Å². The van der Waals surface area contributed by atoms with Crippen molar-refractivity contribution in [2.75, 3.05) is 21.3 Å². The van der Waals surface area contributed by atoms with Crippen molar-refractivity contribution in [3.63, 3.8) is 0 Å². The molecule has 2 aromatic carbocycles. The summed E-state index contributed by atoms with van der Waals surface area (Å²) in [6, 6.07) is 12.6. The van der Waals surface area contributed by atoms with Gasteiger partial charge in [-0.2, -0.15) is 0 Å². The standard InChI is InChI=1S/C21H26N2O5/c1-14(24)23-17(16-8-6-5-7-9-16)12-20(25)22-13-15-10-18(26-2)21(28-4)19(11-15)27-3/h5-11,17H,12-13H2,1-4H3,(H,22,25)(H,23,24)/t17-/m1/s1. The minimum Gasteiger partial charge on any atom is -0.493 e. The van der Waals surface area contributed by atoms with E-state index in [1.165, 1.54) is 28.3 Å². The van der Waals surface area contributed by atoms with Gasteiger partial charge in [0, 0.05) is 13.5 Å². The Morgan fingerprint density at radius 1 is 0.964 bits per heavy atom. The molecule has 150 valence electrons. The van der Waals surface area contributed by atoms with E-state index in [4.69, 9.17) is 14.2 Å². The van der Waals surface area contributed by atoms with Crippen LogP contribution in [0.3, 0.4) is 0 Å². The molecule has 0 spiro atoms. The summed E-state index contributed by atoms with van der Waals surface area (Å²) in [5, 5.41) is 5.69. The number of ether oxygens (including phenoxy) is 3. The molecule has 7 heteroatoms. The first-order valence-electron chi connectivity index (χ1n) is 8.86. The highest BCUT2D eigenvalue weighted by atomic mass is 16.5. The second-order valence-electron chi connectivity index (χ2n) is 6.18. The summed E-state index contributed by atoms with van der Waals surface area (Å²) >= 11 is 0. The monoisotopic (exact) mass is 386 g/mol. The Kier molecular flexibility index (Phi) is 7.68. The van der Waals surface area contributed by atoms with E-state index in [-0.39, 0.29) is 24.8 Å². The molecule has 0 aliphatic rings. The van der Waals surface area contributed by atoms with Crippen molar-refractivity contribution < 1.29 is 23.8 Å². The number of hydrogen-bond acceptors (Lipinski definition) is 5. The first kappa shape index (κ1) is 21.1. The summed E-state index contributed by atoms with van der Waals surface area (Å²) in [4.78, 5) is 24.0. The number of hydrogen-bond donors (Lipinski definition) is 2. The maximum atomic E-state index is 12.5. The summed E-state index contributed by atoms with van der Waals surface area (Å²) in [5.41, 5.74) is 1.68. The molecule has 2 rings (SSSR count). The quantitative estimate of drug-likeness (QED) is 0.692. The van der Waals surface area contributed by atoms with Crippen molar-refractivity contribution >= 4 is 11.8 Å². The fourth-order valence-corrected chi connectivity index (χ4v) is 2.88. The van der Waals surface area contributed by atoms with Gasteiger partial charge in [0.1, 0.15) is 0 Å². The van der Waals surface area contributed by atoms with Crippen LogP contribution in [0.2, 0.25) is 0 Å². The molecule has 0 fully saturated rings. The zero-order valence-electron chi connectivity index (χ0n) is 16.6. The lowest BCUT2D eigenvalue weighted by atomic mass is 10.0. The van der Waals surface area contributed by atoms with Gasteiger partial charge in [0.2, 0.25) is 17.6 Å². The summed E-state index contributed by atoms with van der Waals surface area (Å²) in [6.45, 7) is 1.72. The number of amides is 2. The molecule has 0 radical (unpaired) electrons. The molecule has 0 aliphatic heterocycles. The van der Waals surface area contributed by atoms with E-state index >= 15 is 0 Å². The third-order valence-electron chi connectivity index (χ3n) is 4.18. The Morgan fingerprint density at radius 3 is 2.07 bits per heavy atom. The normalized spacial score (nSPS) is 11.3. The maximum absolute atomic E-state index is 12.5. The van der Waals surface area contributed by atoms with Crippen LogP contribution in [0.1, 0.15) is 30.5 Å². The lowest BCUT2D eigenvalue weighted by Gasteiger charge is -2.18. The summed E-state index contributed by atoms with van der Waals surface area (Å²) in [5.74, 6) is 1.16. The molecule has 0 unspecified atom stereocenters. The Labute approximate surface area is 165 Å². The van der Waals surface area contributed by atoms with Crippen molar-refractivity contribution in [2.45, 2.75) is 25.9 Å². The summed E-state index contributed by atoms with van der Waals surface area (Å²) < 4.78 is 16.0. The van der Waals surface area contributed by atoms with Gasteiger partial charge >= 0.3 is 0 Å². The minimum atomic E-state index is -0.390. The lowest BCUT2D eigenvalue weighted by molar-refractivity contribution is -0.122. The zero-order chi connectivity index (χ0) is 20.5. The Morgan fingerprint density at radius 2 is 1.57 bits per heavy atom. The van der Waals surface area contributed by atoms with Crippen molar-refractivity contribution in [1.82, 2.24) is 10.6 Å². The van der Waals surface area contributed by atoms with Crippen LogP contribution in [-0.2, 0) is 16.1 Å². The van der Waals surface area contributed by atoms with E-state index in [1.54, 1.807) is 12.1 Å².